The van der Waals surface area contributed by atoms with E-state index >= 15 is 0 Å². The van der Waals surface area contributed by atoms with Crippen LogP contribution in [-0.4, -0.2) is 47.5 Å². The molecule has 7 nitrogen and oxygen atoms in total. The second-order valence-corrected chi connectivity index (χ2v) is 7.08. The second kappa shape index (κ2) is 5.12. The Morgan fingerprint density at radius 2 is 2.24 bits per heavy atom. The number of hydrogen-bond acceptors (Lipinski definition) is 4. The highest BCUT2D eigenvalue weighted by Gasteiger charge is 2.30. The minimum Gasteiger partial charge on any atom is -0.345 e. The van der Waals surface area contributed by atoms with Gasteiger partial charge in [0.05, 0.1) is 22.6 Å². The zero-order valence-electron chi connectivity index (χ0n) is 11.3. The summed E-state index contributed by atoms with van der Waals surface area (Å²) in [7, 11) is -3.61. The summed E-state index contributed by atoms with van der Waals surface area (Å²) in [5, 5.41) is 4.52. The number of sulfonamides is 1. The molecule has 1 saturated heterocycles. The zero-order valence-corrected chi connectivity index (χ0v) is 12.1. The fraction of sp³-hybridized carbons (Fsp3) is 0.385. The van der Waals surface area contributed by atoms with Gasteiger partial charge >= 0.3 is 0 Å². The van der Waals surface area contributed by atoms with Gasteiger partial charge in [-0.2, -0.15) is 0 Å². The number of H-pyrrole nitrogens is 1. The number of aromatic amines is 1. The van der Waals surface area contributed by atoms with Gasteiger partial charge < -0.3 is 9.88 Å². The summed E-state index contributed by atoms with van der Waals surface area (Å²) in [4.78, 5) is 21.1. The second-order valence-electron chi connectivity index (χ2n) is 5.24. The van der Waals surface area contributed by atoms with Crippen molar-refractivity contribution >= 4 is 27.0 Å². The van der Waals surface area contributed by atoms with E-state index in [1.54, 1.807) is 29.4 Å². The molecule has 1 aromatic heterocycles. The SMILES string of the molecule is NS(=O)(=O)C1CCCN(C(=O)c2ccc3nc[nH]c3c2)C1. The highest BCUT2D eigenvalue weighted by Crippen LogP contribution is 2.19. The smallest absolute Gasteiger partial charge is 0.253 e. The molecule has 0 aliphatic carbocycles. The first kappa shape index (κ1) is 14.0. The van der Waals surface area contributed by atoms with Gasteiger partial charge in [0, 0.05) is 18.7 Å². The summed E-state index contributed by atoms with van der Waals surface area (Å²) in [6.07, 6.45) is 2.71. The summed E-state index contributed by atoms with van der Waals surface area (Å²) >= 11 is 0. The number of amides is 1. The fourth-order valence-electron chi connectivity index (χ4n) is 2.64. The molecule has 1 amide bonds. The van der Waals surface area contributed by atoms with E-state index < -0.39 is 15.3 Å². The lowest BCUT2D eigenvalue weighted by atomic mass is 10.1. The number of hydrogen-bond donors (Lipinski definition) is 2. The summed E-state index contributed by atoms with van der Waals surface area (Å²) in [5.74, 6) is -0.181. The van der Waals surface area contributed by atoms with Gasteiger partial charge in [0.1, 0.15) is 0 Å². The zero-order chi connectivity index (χ0) is 15.0. The third-order valence-electron chi connectivity index (χ3n) is 3.80. The van der Waals surface area contributed by atoms with Crippen molar-refractivity contribution in [3.63, 3.8) is 0 Å². The van der Waals surface area contributed by atoms with Gasteiger partial charge in [0.25, 0.3) is 5.91 Å². The van der Waals surface area contributed by atoms with E-state index in [4.69, 9.17) is 5.14 Å². The maximum absolute atomic E-state index is 12.5. The Bertz CT molecular complexity index is 784. The molecule has 0 spiro atoms. The van der Waals surface area contributed by atoms with Crippen LogP contribution in [0.2, 0.25) is 0 Å². The van der Waals surface area contributed by atoms with Gasteiger partial charge in [0.15, 0.2) is 0 Å². The van der Waals surface area contributed by atoms with Crippen LogP contribution in [0, 0.1) is 0 Å². The number of primary sulfonamides is 1. The normalized spacial score (nSPS) is 19.9. The molecule has 1 fully saturated rings. The molecule has 3 rings (SSSR count). The Hall–Kier alpha value is -1.93. The highest BCUT2D eigenvalue weighted by molar-refractivity contribution is 7.89. The summed E-state index contributed by atoms with van der Waals surface area (Å²) < 4.78 is 22.9. The summed E-state index contributed by atoms with van der Waals surface area (Å²) in [5.41, 5.74) is 2.08. The molecular weight excluding hydrogens is 292 g/mol. The van der Waals surface area contributed by atoms with Crippen molar-refractivity contribution in [3.05, 3.63) is 30.1 Å². The Morgan fingerprint density at radius 3 is 3.00 bits per heavy atom. The first-order valence-electron chi connectivity index (χ1n) is 6.69. The van der Waals surface area contributed by atoms with E-state index in [1.807, 2.05) is 0 Å². The first-order chi connectivity index (χ1) is 9.95. The number of carbonyl (C=O) groups excluding carboxylic acids is 1. The van der Waals surface area contributed by atoms with Gasteiger partial charge in [-0.3, -0.25) is 4.79 Å². The quantitative estimate of drug-likeness (QED) is 0.839. The van der Waals surface area contributed by atoms with Crippen molar-refractivity contribution in [1.82, 2.24) is 14.9 Å². The molecule has 1 unspecified atom stereocenters. The number of piperidine rings is 1. The number of nitrogens with two attached hydrogens (primary N) is 1. The topological polar surface area (TPSA) is 109 Å². The number of nitrogens with one attached hydrogen (secondary N) is 1. The summed E-state index contributed by atoms with van der Waals surface area (Å²) in [6, 6.07) is 5.19. The molecule has 1 aliphatic rings. The molecule has 2 aromatic rings. The lowest BCUT2D eigenvalue weighted by Crippen LogP contribution is -2.47. The van der Waals surface area contributed by atoms with Gasteiger partial charge in [-0.1, -0.05) is 0 Å². The molecule has 21 heavy (non-hydrogen) atoms. The number of aromatic nitrogens is 2. The van der Waals surface area contributed by atoms with E-state index in [1.165, 1.54) is 0 Å². The lowest BCUT2D eigenvalue weighted by Gasteiger charge is -2.31. The van der Waals surface area contributed by atoms with Crippen LogP contribution in [-0.2, 0) is 10.0 Å². The number of rotatable bonds is 2. The molecular formula is C13H16N4O3S. The van der Waals surface area contributed by atoms with Crippen LogP contribution in [0.4, 0.5) is 0 Å². The first-order valence-corrected chi connectivity index (χ1v) is 8.30. The van der Waals surface area contributed by atoms with Crippen molar-refractivity contribution in [1.29, 1.82) is 0 Å². The van der Waals surface area contributed by atoms with Crippen LogP contribution in [0.3, 0.4) is 0 Å². The molecule has 112 valence electrons. The minimum absolute atomic E-state index is 0.151. The number of nitrogens with zero attached hydrogens (tertiary/aromatic N) is 2. The average Bonchev–Trinajstić information content (AvgIpc) is 2.93. The molecule has 2 heterocycles. The van der Waals surface area contributed by atoms with Gasteiger partial charge in [0.2, 0.25) is 10.0 Å². The molecule has 3 N–H and O–H groups in total. The number of imidazole rings is 1. The van der Waals surface area contributed by atoms with Crippen LogP contribution in [0.25, 0.3) is 11.0 Å². The number of benzene rings is 1. The Morgan fingerprint density at radius 1 is 1.43 bits per heavy atom. The van der Waals surface area contributed by atoms with Crippen molar-refractivity contribution in [2.45, 2.75) is 18.1 Å². The third-order valence-corrected chi connectivity index (χ3v) is 5.11. The molecule has 1 atom stereocenters. The maximum atomic E-state index is 12.5. The van der Waals surface area contributed by atoms with E-state index in [9.17, 15) is 13.2 Å². The third kappa shape index (κ3) is 2.77. The minimum atomic E-state index is -3.61. The molecule has 0 saturated carbocycles. The highest BCUT2D eigenvalue weighted by atomic mass is 32.2. The Balaban J connectivity index is 1.83. The molecule has 0 radical (unpaired) electrons. The van der Waals surface area contributed by atoms with Crippen molar-refractivity contribution in [3.8, 4) is 0 Å². The van der Waals surface area contributed by atoms with Crippen molar-refractivity contribution in [2.24, 2.45) is 5.14 Å². The Kier molecular flexibility index (Phi) is 3.42. The van der Waals surface area contributed by atoms with E-state index in [0.717, 1.165) is 11.0 Å². The predicted molar refractivity (Wildman–Crippen MR) is 78.1 cm³/mol. The van der Waals surface area contributed by atoms with E-state index in [2.05, 4.69) is 9.97 Å². The van der Waals surface area contributed by atoms with Crippen molar-refractivity contribution in [2.75, 3.05) is 13.1 Å². The average molecular weight is 308 g/mol. The van der Waals surface area contributed by atoms with E-state index in [-0.39, 0.29) is 12.5 Å². The fourth-order valence-corrected chi connectivity index (χ4v) is 3.52. The molecule has 8 heteroatoms. The van der Waals surface area contributed by atoms with Crippen LogP contribution >= 0.6 is 0 Å². The molecule has 0 bridgehead atoms. The van der Waals surface area contributed by atoms with Crippen molar-refractivity contribution < 1.29 is 13.2 Å². The van der Waals surface area contributed by atoms with Crippen LogP contribution in [0.15, 0.2) is 24.5 Å². The predicted octanol–water partition coefficient (Wildman–Crippen LogP) is 0.456. The van der Waals surface area contributed by atoms with Crippen LogP contribution in [0.1, 0.15) is 23.2 Å². The lowest BCUT2D eigenvalue weighted by molar-refractivity contribution is 0.0727. The monoisotopic (exact) mass is 308 g/mol. The number of likely N-dealkylation sites (tertiary alicyclic amines) is 1. The number of carbonyl (C=O) groups is 1. The van der Waals surface area contributed by atoms with Gasteiger partial charge in [-0.15, -0.1) is 0 Å². The van der Waals surface area contributed by atoms with E-state index in [0.29, 0.717) is 24.9 Å². The largest absolute Gasteiger partial charge is 0.345 e. The molecule has 1 aliphatic heterocycles. The standard InChI is InChI=1S/C13H16N4O3S/c14-21(19,20)10-2-1-5-17(7-10)13(18)9-3-4-11-12(6-9)16-8-15-11/h3-4,6,8,10H,1-2,5,7H2,(H,15,16)(H2,14,19,20). The summed E-state index contributed by atoms with van der Waals surface area (Å²) in [6.45, 7) is 0.699. The van der Waals surface area contributed by atoms with Gasteiger partial charge in [-0.05, 0) is 31.0 Å². The van der Waals surface area contributed by atoms with Crippen LogP contribution < -0.4 is 5.14 Å². The molecule has 1 aromatic carbocycles. The maximum Gasteiger partial charge on any atom is 0.253 e. The number of fused-ring (bicyclic) bond motifs is 1. The Labute approximate surface area is 122 Å². The van der Waals surface area contributed by atoms with Gasteiger partial charge in [-0.25, -0.2) is 18.5 Å². The van der Waals surface area contributed by atoms with Crippen LogP contribution in [0.5, 0.6) is 0 Å².